The summed E-state index contributed by atoms with van der Waals surface area (Å²) in [6.45, 7) is 5.25. The normalized spacial score (nSPS) is 17.4. The zero-order valence-corrected chi connectivity index (χ0v) is 14.2. The molecule has 1 aromatic carbocycles. The first kappa shape index (κ1) is 17.3. The number of piperidine rings is 1. The highest BCUT2D eigenvalue weighted by Crippen LogP contribution is 2.21. The number of hydrogen-bond acceptors (Lipinski definition) is 4. The number of amides is 1. The van der Waals surface area contributed by atoms with Crippen LogP contribution in [0.1, 0.15) is 36.1 Å². The van der Waals surface area contributed by atoms with Gasteiger partial charge in [0.05, 0.1) is 0 Å². The van der Waals surface area contributed by atoms with Crippen molar-refractivity contribution < 1.29 is 13.6 Å². The Hall–Kier alpha value is -2.57. The summed E-state index contributed by atoms with van der Waals surface area (Å²) < 4.78 is 26.4. The Kier molecular flexibility index (Phi) is 4.92. The number of halogens is 2. The lowest BCUT2D eigenvalue weighted by molar-refractivity contribution is 0.0676. The smallest absolute Gasteiger partial charge is 0.272 e. The number of aromatic nitrogens is 2. The second-order valence-corrected chi connectivity index (χ2v) is 6.44. The molecule has 0 saturated carbocycles. The molecule has 1 amide bonds. The van der Waals surface area contributed by atoms with Crippen LogP contribution in [0.2, 0.25) is 0 Å². The summed E-state index contributed by atoms with van der Waals surface area (Å²) in [4.78, 5) is 22.9. The fourth-order valence-corrected chi connectivity index (χ4v) is 3.00. The molecule has 0 spiro atoms. The molecule has 7 heteroatoms. The van der Waals surface area contributed by atoms with Crippen LogP contribution >= 0.6 is 0 Å². The zero-order chi connectivity index (χ0) is 18.0. The standard InChI is InChI=1S/C18H20F2N4O/c1-11-4-3-7-24(10-11)18(25)16-9-17(22-12(2)21-16)23-13-5-6-14(19)15(20)8-13/h5-6,8-9,11H,3-4,7,10H2,1-2H3,(H,21,22,23). The van der Waals surface area contributed by atoms with E-state index < -0.39 is 11.6 Å². The molecule has 2 aromatic rings. The van der Waals surface area contributed by atoms with Crippen molar-refractivity contribution in [1.29, 1.82) is 0 Å². The van der Waals surface area contributed by atoms with Crippen LogP contribution in [0.25, 0.3) is 0 Å². The van der Waals surface area contributed by atoms with Gasteiger partial charge in [-0.15, -0.1) is 0 Å². The Bertz CT molecular complexity index is 797. The lowest BCUT2D eigenvalue weighted by Crippen LogP contribution is -2.39. The number of carbonyl (C=O) groups is 1. The summed E-state index contributed by atoms with van der Waals surface area (Å²) >= 11 is 0. The van der Waals surface area contributed by atoms with E-state index in [1.54, 1.807) is 11.8 Å². The van der Waals surface area contributed by atoms with E-state index in [2.05, 4.69) is 22.2 Å². The van der Waals surface area contributed by atoms with E-state index in [1.165, 1.54) is 12.1 Å². The molecule has 1 aromatic heterocycles. The molecule has 1 aliphatic rings. The van der Waals surface area contributed by atoms with Gasteiger partial charge < -0.3 is 10.2 Å². The lowest BCUT2D eigenvalue weighted by Gasteiger charge is -2.30. The molecule has 25 heavy (non-hydrogen) atoms. The minimum absolute atomic E-state index is 0.134. The van der Waals surface area contributed by atoms with Crippen LogP contribution in [0.15, 0.2) is 24.3 Å². The van der Waals surface area contributed by atoms with Crippen molar-refractivity contribution in [1.82, 2.24) is 14.9 Å². The molecule has 3 rings (SSSR count). The molecular formula is C18H20F2N4O. The maximum Gasteiger partial charge on any atom is 0.272 e. The fourth-order valence-electron chi connectivity index (χ4n) is 3.00. The van der Waals surface area contributed by atoms with Crippen molar-refractivity contribution in [2.75, 3.05) is 18.4 Å². The Morgan fingerprint density at radius 1 is 1.24 bits per heavy atom. The van der Waals surface area contributed by atoms with Gasteiger partial charge in [0, 0.05) is 30.9 Å². The fraction of sp³-hybridized carbons (Fsp3) is 0.389. The van der Waals surface area contributed by atoms with E-state index in [1.807, 2.05) is 0 Å². The third-order valence-electron chi connectivity index (χ3n) is 4.19. The van der Waals surface area contributed by atoms with Crippen LogP contribution < -0.4 is 5.32 Å². The minimum atomic E-state index is -0.950. The highest BCUT2D eigenvalue weighted by atomic mass is 19.2. The van der Waals surface area contributed by atoms with Gasteiger partial charge in [-0.05, 0) is 37.8 Å². The van der Waals surface area contributed by atoms with Gasteiger partial charge in [0.2, 0.25) is 0 Å². The Balaban J connectivity index is 1.82. The van der Waals surface area contributed by atoms with Gasteiger partial charge in [-0.1, -0.05) is 6.92 Å². The first-order valence-corrected chi connectivity index (χ1v) is 8.29. The number of anilines is 2. The van der Waals surface area contributed by atoms with Crippen LogP contribution in [0.4, 0.5) is 20.3 Å². The Morgan fingerprint density at radius 2 is 2.04 bits per heavy atom. The lowest BCUT2D eigenvalue weighted by atomic mass is 10.00. The molecule has 0 aliphatic carbocycles. The van der Waals surface area contributed by atoms with Gasteiger partial charge in [-0.25, -0.2) is 18.7 Å². The maximum absolute atomic E-state index is 13.3. The van der Waals surface area contributed by atoms with Gasteiger partial charge in [0.1, 0.15) is 17.3 Å². The van der Waals surface area contributed by atoms with E-state index in [0.717, 1.165) is 31.5 Å². The number of hydrogen-bond donors (Lipinski definition) is 1. The third-order valence-corrected chi connectivity index (χ3v) is 4.19. The quantitative estimate of drug-likeness (QED) is 0.921. The first-order valence-electron chi connectivity index (χ1n) is 8.29. The number of carbonyl (C=O) groups excluding carboxylic acids is 1. The molecule has 1 aliphatic heterocycles. The van der Waals surface area contributed by atoms with E-state index in [0.29, 0.717) is 35.5 Å². The molecule has 0 bridgehead atoms. The topological polar surface area (TPSA) is 58.1 Å². The average Bonchev–Trinajstić information content (AvgIpc) is 2.57. The molecule has 1 atom stereocenters. The van der Waals surface area contributed by atoms with E-state index in [-0.39, 0.29) is 5.91 Å². The maximum atomic E-state index is 13.3. The molecule has 1 N–H and O–H groups in total. The molecule has 1 unspecified atom stereocenters. The van der Waals surface area contributed by atoms with Crippen LogP contribution in [-0.2, 0) is 0 Å². The van der Waals surface area contributed by atoms with Crippen molar-refractivity contribution >= 4 is 17.4 Å². The second kappa shape index (κ2) is 7.13. The largest absolute Gasteiger partial charge is 0.340 e. The van der Waals surface area contributed by atoms with Gasteiger partial charge >= 0.3 is 0 Å². The number of aryl methyl sites for hydroxylation is 1. The van der Waals surface area contributed by atoms with E-state index in [9.17, 15) is 13.6 Å². The van der Waals surface area contributed by atoms with E-state index >= 15 is 0 Å². The van der Waals surface area contributed by atoms with Gasteiger partial charge in [-0.2, -0.15) is 0 Å². The van der Waals surface area contributed by atoms with Crippen LogP contribution in [0.5, 0.6) is 0 Å². The second-order valence-electron chi connectivity index (χ2n) is 6.44. The van der Waals surface area contributed by atoms with Gasteiger partial charge in [0.15, 0.2) is 11.6 Å². The number of rotatable bonds is 3. The zero-order valence-electron chi connectivity index (χ0n) is 14.2. The van der Waals surface area contributed by atoms with Crippen LogP contribution in [0, 0.1) is 24.5 Å². The predicted octanol–water partition coefficient (Wildman–Crippen LogP) is 3.68. The minimum Gasteiger partial charge on any atom is -0.340 e. The van der Waals surface area contributed by atoms with Crippen molar-refractivity contribution in [3.8, 4) is 0 Å². The number of likely N-dealkylation sites (tertiary alicyclic amines) is 1. The molecule has 2 heterocycles. The molecule has 1 saturated heterocycles. The predicted molar refractivity (Wildman–Crippen MR) is 90.7 cm³/mol. The Labute approximate surface area is 145 Å². The summed E-state index contributed by atoms with van der Waals surface area (Å²) in [6, 6.07) is 5.02. The van der Waals surface area contributed by atoms with E-state index in [4.69, 9.17) is 0 Å². The monoisotopic (exact) mass is 346 g/mol. The van der Waals surface area contributed by atoms with Crippen LogP contribution in [-0.4, -0.2) is 33.9 Å². The SMILES string of the molecule is Cc1nc(Nc2ccc(F)c(F)c2)cc(C(=O)N2CCCC(C)C2)n1. The summed E-state index contributed by atoms with van der Waals surface area (Å²) in [6.07, 6.45) is 2.10. The van der Waals surface area contributed by atoms with Crippen molar-refractivity contribution in [3.63, 3.8) is 0 Å². The summed E-state index contributed by atoms with van der Waals surface area (Å²) in [5.41, 5.74) is 0.647. The highest BCUT2D eigenvalue weighted by Gasteiger charge is 2.23. The molecular weight excluding hydrogens is 326 g/mol. The third kappa shape index (κ3) is 4.10. The molecule has 5 nitrogen and oxygen atoms in total. The molecule has 132 valence electrons. The van der Waals surface area contributed by atoms with Crippen molar-refractivity contribution in [2.24, 2.45) is 5.92 Å². The van der Waals surface area contributed by atoms with Crippen molar-refractivity contribution in [2.45, 2.75) is 26.7 Å². The van der Waals surface area contributed by atoms with Crippen LogP contribution in [0.3, 0.4) is 0 Å². The summed E-state index contributed by atoms with van der Waals surface area (Å²) in [5, 5.41) is 2.89. The number of benzene rings is 1. The van der Waals surface area contributed by atoms with Gasteiger partial charge in [-0.3, -0.25) is 4.79 Å². The van der Waals surface area contributed by atoms with Gasteiger partial charge in [0.25, 0.3) is 5.91 Å². The summed E-state index contributed by atoms with van der Waals surface area (Å²) in [7, 11) is 0. The number of nitrogens with one attached hydrogen (secondary N) is 1. The van der Waals surface area contributed by atoms with Crippen molar-refractivity contribution in [3.05, 3.63) is 47.4 Å². The Morgan fingerprint density at radius 3 is 2.76 bits per heavy atom. The highest BCUT2D eigenvalue weighted by molar-refractivity contribution is 5.93. The molecule has 0 radical (unpaired) electrons. The summed E-state index contributed by atoms with van der Waals surface area (Å²) in [5.74, 6) is -0.729. The first-order chi connectivity index (χ1) is 11.9. The number of nitrogens with zero attached hydrogens (tertiary/aromatic N) is 3. The average molecular weight is 346 g/mol. The molecule has 1 fully saturated rings.